The maximum Gasteiger partial charge on any atom is 0.242 e. The van der Waals surface area contributed by atoms with Crippen LogP contribution in [0.2, 0.25) is 0 Å². The highest BCUT2D eigenvalue weighted by molar-refractivity contribution is 7.99. The van der Waals surface area contributed by atoms with E-state index < -0.39 is 5.41 Å². The van der Waals surface area contributed by atoms with E-state index in [1.54, 1.807) is 0 Å². The molecule has 2 aromatic carbocycles. The van der Waals surface area contributed by atoms with Crippen LogP contribution in [0.25, 0.3) is 0 Å². The average molecular weight is 439 g/mol. The average Bonchev–Trinajstić information content (AvgIpc) is 2.89. The molecule has 5 heterocycles. The first-order valence-electron chi connectivity index (χ1n) is 11.0. The van der Waals surface area contributed by atoms with E-state index in [0.29, 0.717) is 0 Å². The van der Waals surface area contributed by atoms with Crippen LogP contribution in [0.1, 0.15) is 22.3 Å². The molecule has 0 bridgehead atoms. The van der Waals surface area contributed by atoms with Crippen LogP contribution in [-0.4, -0.2) is 21.7 Å². The van der Waals surface area contributed by atoms with Gasteiger partial charge < -0.3 is 0 Å². The van der Waals surface area contributed by atoms with E-state index in [1.165, 1.54) is 48.4 Å². The van der Waals surface area contributed by atoms with Gasteiger partial charge in [-0.05, 0) is 41.0 Å². The molecule has 0 radical (unpaired) electrons. The number of hydrogen-bond donors (Lipinski definition) is 0. The topological polar surface area (TPSA) is 38.7 Å². The molecule has 7 rings (SSSR count). The predicted molar refractivity (Wildman–Crippen MR) is 133 cm³/mol. The lowest BCUT2D eigenvalue weighted by Crippen LogP contribution is -2.62. The second kappa shape index (κ2) is 7.16. The van der Waals surface area contributed by atoms with Crippen molar-refractivity contribution in [3.8, 4) is 0 Å². The van der Waals surface area contributed by atoms with Gasteiger partial charge in [0, 0.05) is 52.5 Å². The Morgan fingerprint density at radius 3 is 1.85 bits per heavy atom. The van der Waals surface area contributed by atoms with Crippen molar-refractivity contribution < 1.29 is 0 Å². The first-order valence-corrected chi connectivity index (χ1v) is 11.9. The van der Waals surface area contributed by atoms with Gasteiger partial charge in [0.25, 0.3) is 0 Å². The minimum atomic E-state index is -0.510. The molecule has 0 atom stereocenters. The molecule has 0 N–H and O–H groups in total. The summed E-state index contributed by atoms with van der Waals surface area (Å²) in [5.41, 5.74) is 8.22. The van der Waals surface area contributed by atoms with E-state index in [9.17, 15) is 0 Å². The Balaban J connectivity index is 1.67. The number of fused-ring (bicyclic) bond motifs is 8. The SMILES string of the molecule is c1ccc(B2c3ccncc3C3(c4ccccc4Sc4ccncc43)c3cnccc32)cc1. The molecule has 33 heavy (non-hydrogen) atoms. The van der Waals surface area contributed by atoms with Crippen molar-refractivity contribution in [3.63, 3.8) is 0 Å². The highest BCUT2D eigenvalue weighted by Crippen LogP contribution is 2.55. The van der Waals surface area contributed by atoms with E-state index in [4.69, 9.17) is 0 Å². The summed E-state index contributed by atoms with van der Waals surface area (Å²) in [4.78, 5) is 16.4. The van der Waals surface area contributed by atoms with E-state index >= 15 is 0 Å². The van der Waals surface area contributed by atoms with Gasteiger partial charge in [-0.1, -0.05) is 76.7 Å². The molecule has 0 amide bonds. The standard InChI is InChI=1S/C28H18BN3S/c1-2-6-19(7-3-1)29-24-10-13-30-16-21(24)28(22-17-31-14-11-25(22)29)20-8-4-5-9-26(20)33-27-12-15-32-18-23(27)28/h1-18H. The maximum absolute atomic E-state index is 4.65. The lowest BCUT2D eigenvalue weighted by molar-refractivity contribution is 0.695. The molecular formula is C28H18BN3S. The number of benzene rings is 2. The van der Waals surface area contributed by atoms with Crippen molar-refractivity contribution in [2.45, 2.75) is 15.2 Å². The largest absolute Gasteiger partial charge is 0.264 e. The quantitative estimate of drug-likeness (QED) is 0.367. The Hall–Kier alpha value is -3.70. The van der Waals surface area contributed by atoms with Crippen molar-refractivity contribution in [1.29, 1.82) is 0 Å². The number of pyridine rings is 3. The van der Waals surface area contributed by atoms with E-state index in [1.807, 2.05) is 36.5 Å². The van der Waals surface area contributed by atoms with Gasteiger partial charge in [0.15, 0.2) is 0 Å². The second-order valence-corrected chi connectivity index (χ2v) is 9.57. The summed E-state index contributed by atoms with van der Waals surface area (Å²) < 4.78 is 0. The number of aromatic nitrogens is 3. The van der Waals surface area contributed by atoms with Crippen molar-refractivity contribution in [2.75, 3.05) is 0 Å². The molecule has 5 heteroatoms. The minimum absolute atomic E-state index is 0.120. The molecule has 0 aliphatic carbocycles. The van der Waals surface area contributed by atoms with Crippen LogP contribution in [0, 0.1) is 0 Å². The predicted octanol–water partition coefficient (Wildman–Crippen LogP) is 3.55. The zero-order valence-corrected chi connectivity index (χ0v) is 18.5. The minimum Gasteiger partial charge on any atom is -0.264 e. The maximum atomic E-state index is 4.65. The summed E-state index contributed by atoms with van der Waals surface area (Å²) in [5.74, 6) is 0. The van der Waals surface area contributed by atoms with E-state index in [-0.39, 0.29) is 6.71 Å². The zero-order valence-electron chi connectivity index (χ0n) is 17.7. The van der Waals surface area contributed by atoms with Crippen molar-refractivity contribution in [1.82, 2.24) is 15.0 Å². The van der Waals surface area contributed by atoms with Crippen LogP contribution in [0.5, 0.6) is 0 Å². The summed E-state index contributed by atoms with van der Waals surface area (Å²) in [7, 11) is 0. The lowest BCUT2D eigenvalue weighted by Gasteiger charge is -2.46. The Morgan fingerprint density at radius 1 is 0.545 bits per heavy atom. The van der Waals surface area contributed by atoms with Gasteiger partial charge in [0.2, 0.25) is 6.71 Å². The van der Waals surface area contributed by atoms with Crippen LogP contribution in [0.4, 0.5) is 0 Å². The Bertz CT molecular complexity index is 1420. The second-order valence-electron chi connectivity index (χ2n) is 8.49. The Kier molecular flexibility index (Phi) is 4.08. The van der Waals surface area contributed by atoms with Crippen LogP contribution >= 0.6 is 11.8 Å². The summed E-state index contributed by atoms with van der Waals surface area (Å²) in [6, 6.07) is 26.0. The van der Waals surface area contributed by atoms with Crippen LogP contribution in [0.15, 0.2) is 120 Å². The number of hydrogen-bond acceptors (Lipinski definition) is 4. The van der Waals surface area contributed by atoms with Crippen LogP contribution in [-0.2, 0) is 5.41 Å². The lowest BCUT2D eigenvalue weighted by atomic mass is 9.31. The summed E-state index contributed by atoms with van der Waals surface area (Å²) in [6.07, 6.45) is 11.9. The van der Waals surface area contributed by atoms with Crippen LogP contribution in [0.3, 0.4) is 0 Å². The molecule has 0 fully saturated rings. The van der Waals surface area contributed by atoms with Crippen LogP contribution < -0.4 is 16.4 Å². The molecule has 2 aliphatic rings. The first kappa shape index (κ1) is 18.8. The zero-order chi connectivity index (χ0) is 21.8. The van der Waals surface area contributed by atoms with Gasteiger partial charge in [0.1, 0.15) is 0 Å². The molecular weight excluding hydrogens is 421 g/mol. The molecule has 3 aromatic heterocycles. The molecule has 0 unspecified atom stereocenters. The molecule has 2 aliphatic heterocycles. The van der Waals surface area contributed by atoms with Gasteiger partial charge in [-0.3, -0.25) is 15.0 Å². The molecule has 0 saturated heterocycles. The molecule has 1 spiro atoms. The van der Waals surface area contributed by atoms with Crippen molar-refractivity contribution in [2.24, 2.45) is 0 Å². The molecule has 154 valence electrons. The third-order valence-corrected chi connectivity index (χ3v) is 8.12. The fraction of sp³-hybridized carbons (Fsp3) is 0.0357. The molecule has 3 nitrogen and oxygen atoms in total. The first-order chi connectivity index (χ1) is 16.4. The molecule has 0 saturated carbocycles. The highest BCUT2D eigenvalue weighted by atomic mass is 32.2. The summed E-state index contributed by atoms with van der Waals surface area (Å²) in [5, 5.41) is 0. The summed E-state index contributed by atoms with van der Waals surface area (Å²) in [6.45, 7) is 0.120. The van der Waals surface area contributed by atoms with Gasteiger partial charge in [0.05, 0.1) is 5.41 Å². The van der Waals surface area contributed by atoms with Crippen molar-refractivity contribution in [3.05, 3.63) is 132 Å². The van der Waals surface area contributed by atoms with Gasteiger partial charge in [-0.25, -0.2) is 0 Å². The van der Waals surface area contributed by atoms with Crippen molar-refractivity contribution >= 4 is 34.9 Å². The fourth-order valence-corrected chi connectivity index (χ4v) is 6.88. The van der Waals surface area contributed by atoms with E-state index in [0.717, 1.165) is 0 Å². The van der Waals surface area contributed by atoms with Gasteiger partial charge in [-0.2, -0.15) is 0 Å². The molecule has 5 aromatic rings. The fourth-order valence-electron chi connectivity index (χ4n) is 5.72. The number of nitrogens with zero attached hydrogens (tertiary/aromatic N) is 3. The number of rotatable bonds is 1. The van der Waals surface area contributed by atoms with Gasteiger partial charge in [-0.15, -0.1) is 0 Å². The third kappa shape index (κ3) is 2.51. The monoisotopic (exact) mass is 439 g/mol. The smallest absolute Gasteiger partial charge is 0.242 e. The Labute approximate surface area is 197 Å². The van der Waals surface area contributed by atoms with Gasteiger partial charge >= 0.3 is 0 Å². The third-order valence-electron chi connectivity index (χ3n) is 6.97. The highest BCUT2D eigenvalue weighted by Gasteiger charge is 2.51. The summed E-state index contributed by atoms with van der Waals surface area (Å²) >= 11 is 1.82. The Morgan fingerprint density at radius 2 is 1.12 bits per heavy atom. The van der Waals surface area contributed by atoms with E-state index in [2.05, 4.69) is 100 Å². The normalized spacial score (nSPS) is 14.7.